The van der Waals surface area contributed by atoms with Crippen LogP contribution in [0.15, 0.2) is 18.2 Å². The normalized spacial score (nSPS) is 19.7. The SMILES string of the molecule is COC(=O)C1CCC(=O)N1C(C)Cc1c(Cl)cccc1Cl. The van der Waals surface area contributed by atoms with E-state index in [1.54, 1.807) is 23.1 Å². The molecule has 2 atom stereocenters. The molecule has 2 rings (SSSR count). The van der Waals surface area contributed by atoms with Gasteiger partial charge < -0.3 is 9.64 Å². The van der Waals surface area contributed by atoms with E-state index >= 15 is 0 Å². The summed E-state index contributed by atoms with van der Waals surface area (Å²) in [4.78, 5) is 25.4. The molecule has 0 aromatic heterocycles. The van der Waals surface area contributed by atoms with E-state index in [1.165, 1.54) is 7.11 Å². The first-order valence-corrected chi connectivity index (χ1v) is 7.53. The summed E-state index contributed by atoms with van der Waals surface area (Å²) in [5.41, 5.74) is 0.789. The van der Waals surface area contributed by atoms with Gasteiger partial charge in [0.2, 0.25) is 5.91 Å². The van der Waals surface area contributed by atoms with Crippen molar-refractivity contribution in [3.63, 3.8) is 0 Å². The Labute approximate surface area is 134 Å². The summed E-state index contributed by atoms with van der Waals surface area (Å²) in [6.07, 6.45) is 1.35. The Kier molecular flexibility index (Phi) is 5.12. The van der Waals surface area contributed by atoms with Crippen LogP contribution < -0.4 is 0 Å². The molecule has 1 fully saturated rings. The second-order valence-electron chi connectivity index (χ2n) is 5.13. The number of likely N-dealkylation sites (tertiary alicyclic amines) is 1. The first kappa shape index (κ1) is 16.1. The Balaban J connectivity index is 2.20. The van der Waals surface area contributed by atoms with Crippen molar-refractivity contribution in [2.45, 2.75) is 38.3 Å². The van der Waals surface area contributed by atoms with Crippen molar-refractivity contribution in [1.29, 1.82) is 0 Å². The molecule has 114 valence electrons. The minimum atomic E-state index is -0.515. The van der Waals surface area contributed by atoms with Crippen LogP contribution in [-0.2, 0) is 20.7 Å². The quantitative estimate of drug-likeness (QED) is 0.797. The average Bonchev–Trinajstić information content (AvgIpc) is 2.84. The molecule has 1 aliphatic rings. The Bertz CT molecular complexity index is 542. The first-order chi connectivity index (χ1) is 9.95. The molecule has 6 heteroatoms. The highest BCUT2D eigenvalue weighted by Gasteiger charge is 2.39. The summed E-state index contributed by atoms with van der Waals surface area (Å²) in [5.74, 6) is -0.418. The average molecular weight is 330 g/mol. The highest BCUT2D eigenvalue weighted by molar-refractivity contribution is 6.36. The summed E-state index contributed by atoms with van der Waals surface area (Å²) in [7, 11) is 1.33. The van der Waals surface area contributed by atoms with Gasteiger partial charge in [0, 0.05) is 22.5 Å². The zero-order valence-corrected chi connectivity index (χ0v) is 13.4. The van der Waals surface area contributed by atoms with Gasteiger partial charge in [-0.15, -0.1) is 0 Å². The van der Waals surface area contributed by atoms with E-state index in [2.05, 4.69) is 0 Å². The molecular weight excluding hydrogens is 313 g/mol. The molecule has 0 radical (unpaired) electrons. The minimum Gasteiger partial charge on any atom is -0.467 e. The van der Waals surface area contributed by atoms with Crippen LogP contribution in [0.2, 0.25) is 10.0 Å². The summed E-state index contributed by atoms with van der Waals surface area (Å²) in [6, 6.07) is 4.61. The van der Waals surface area contributed by atoms with E-state index in [4.69, 9.17) is 27.9 Å². The van der Waals surface area contributed by atoms with Crippen molar-refractivity contribution in [3.8, 4) is 0 Å². The smallest absolute Gasteiger partial charge is 0.328 e. The van der Waals surface area contributed by atoms with E-state index in [9.17, 15) is 9.59 Å². The molecule has 0 aliphatic carbocycles. The number of hydrogen-bond acceptors (Lipinski definition) is 3. The van der Waals surface area contributed by atoms with Gasteiger partial charge in [-0.3, -0.25) is 4.79 Å². The molecular formula is C15H17Cl2NO3. The lowest BCUT2D eigenvalue weighted by molar-refractivity contribution is -0.150. The van der Waals surface area contributed by atoms with Crippen LogP contribution >= 0.6 is 23.2 Å². The van der Waals surface area contributed by atoms with Crippen molar-refractivity contribution in [1.82, 2.24) is 4.90 Å². The number of hydrogen-bond donors (Lipinski definition) is 0. The first-order valence-electron chi connectivity index (χ1n) is 6.77. The Morgan fingerprint density at radius 3 is 2.62 bits per heavy atom. The van der Waals surface area contributed by atoms with Gasteiger partial charge in [-0.2, -0.15) is 0 Å². The molecule has 1 amide bonds. The summed E-state index contributed by atoms with van der Waals surface area (Å²) in [5, 5.41) is 1.13. The molecule has 0 N–H and O–H groups in total. The maximum atomic E-state index is 12.1. The topological polar surface area (TPSA) is 46.6 Å². The zero-order chi connectivity index (χ0) is 15.6. The van der Waals surface area contributed by atoms with Crippen molar-refractivity contribution in [2.75, 3.05) is 7.11 Å². The van der Waals surface area contributed by atoms with Crippen LogP contribution in [0.3, 0.4) is 0 Å². The van der Waals surface area contributed by atoms with Gasteiger partial charge in [-0.05, 0) is 37.5 Å². The molecule has 1 aromatic carbocycles. The second-order valence-corrected chi connectivity index (χ2v) is 5.95. The number of carbonyl (C=O) groups is 2. The highest BCUT2D eigenvalue weighted by Crippen LogP contribution is 2.29. The van der Waals surface area contributed by atoms with E-state index in [0.717, 1.165) is 5.56 Å². The number of nitrogens with zero attached hydrogens (tertiary/aromatic N) is 1. The number of esters is 1. The van der Waals surface area contributed by atoms with Gasteiger partial charge in [-0.1, -0.05) is 29.3 Å². The standard InChI is InChI=1S/C15H17Cl2NO3/c1-9(8-10-11(16)4-3-5-12(10)17)18-13(15(20)21-2)6-7-14(18)19/h3-5,9,13H,6-8H2,1-2H3. The number of methoxy groups -OCH3 is 1. The molecule has 2 unspecified atom stereocenters. The van der Waals surface area contributed by atoms with E-state index in [1.807, 2.05) is 6.92 Å². The Morgan fingerprint density at radius 2 is 2.05 bits per heavy atom. The number of rotatable bonds is 4. The molecule has 21 heavy (non-hydrogen) atoms. The number of benzene rings is 1. The van der Waals surface area contributed by atoms with Crippen molar-refractivity contribution < 1.29 is 14.3 Å². The molecule has 0 spiro atoms. The van der Waals surface area contributed by atoms with E-state index in [-0.39, 0.29) is 17.9 Å². The Morgan fingerprint density at radius 1 is 1.43 bits per heavy atom. The zero-order valence-electron chi connectivity index (χ0n) is 11.9. The monoisotopic (exact) mass is 329 g/mol. The van der Waals surface area contributed by atoms with E-state index in [0.29, 0.717) is 29.3 Å². The van der Waals surface area contributed by atoms with Crippen LogP contribution in [0.25, 0.3) is 0 Å². The summed E-state index contributed by atoms with van der Waals surface area (Å²) >= 11 is 12.3. The van der Waals surface area contributed by atoms with Gasteiger partial charge in [0.15, 0.2) is 0 Å². The fourth-order valence-corrected chi connectivity index (χ4v) is 3.30. The van der Waals surface area contributed by atoms with Gasteiger partial charge in [0.25, 0.3) is 0 Å². The third-order valence-electron chi connectivity index (χ3n) is 3.76. The Hall–Kier alpha value is -1.26. The lowest BCUT2D eigenvalue weighted by atomic mass is 10.0. The van der Waals surface area contributed by atoms with Crippen molar-refractivity contribution in [3.05, 3.63) is 33.8 Å². The maximum absolute atomic E-state index is 12.1. The van der Waals surface area contributed by atoms with Gasteiger partial charge >= 0.3 is 5.97 Å². The van der Waals surface area contributed by atoms with Crippen LogP contribution in [0.1, 0.15) is 25.3 Å². The highest BCUT2D eigenvalue weighted by atomic mass is 35.5. The van der Waals surface area contributed by atoms with Crippen LogP contribution in [0.4, 0.5) is 0 Å². The predicted molar refractivity (Wildman–Crippen MR) is 81.5 cm³/mol. The number of halogens is 2. The van der Waals surface area contributed by atoms with Crippen molar-refractivity contribution >= 4 is 35.1 Å². The number of carbonyl (C=O) groups excluding carboxylic acids is 2. The second kappa shape index (κ2) is 6.67. The van der Waals surface area contributed by atoms with Gasteiger partial charge in [0.05, 0.1) is 7.11 Å². The molecule has 0 bridgehead atoms. The molecule has 1 heterocycles. The van der Waals surface area contributed by atoms with E-state index < -0.39 is 6.04 Å². The van der Waals surface area contributed by atoms with Gasteiger partial charge in [-0.25, -0.2) is 4.79 Å². The third-order valence-corrected chi connectivity index (χ3v) is 4.47. The predicted octanol–water partition coefficient (Wildman–Crippen LogP) is 3.09. The largest absolute Gasteiger partial charge is 0.467 e. The summed E-state index contributed by atoms with van der Waals surface area (Å²) < 4.78 is 4.78. The molecule has 1 saturated heterocycles. The molecule has 1 aromatic rings. The maximum Gasteiger partial charge on any atom is 0.328 e. The lowest BCUT2D eigenvalue weighted by Crippen LogP contribution is -2.45. The van der Waals surface area contributed by atoms with Crippen molar-refractivity contribution in [2.24, 2.45) is 0 Å². The summed E-state index contributed by atoms with van der Waals surface area (Å²) in [6.45, 7) is 1.89. The molecule has 0 saturated carbocycles. The van der Waals surface area contributed by atoms with Crippen LogP contribution in [0.5, 0.6) is 0 Å². The fraction of sp³-hybridized carbons (Fsp3) is 0.467. The minimum absolute atomic E-state index is 0.0407. The molecule has 4 nitrogen and oxygen atoms in total. The van der Waals surface area contributed by atoms with Gasteiger partial charge in [0.1, 0.15) is 6.04 Å². The number of amides is 1. The van der Waals surface area contributed by atoms with Crippen LogP contribution in [0, 0.1) is 0 Å². The van der Waals surface area contributed by atoms with Crippen LogP contribution in [-0.4, -0.2) is 36.0 Å². The fourth-order valence-electron chi connectivity index (χ4n) is 2.74. The lowest BCUT2D eigenvalue weighted by Gasteiger charge is -2.30. The third kappa shape index (κ3) is 3.33. The molecule has 1 aliphatic heterocycles. The number of ether oxygens (including phenoxy) is 1.